The van der Waals surface area contributed by atoms with Crippen molar-refractivity contribution in [3.63, 3.8) is 0 Å². The average Bonchev–Trinajstić information content (AvgIpc) is 2.72. The minimum atomic E-state index is -0.253. The lowest BCUT2D eigenvalue weighted by atomic mass is 10.1. The second-order valence-electron chi connectivity index (χ2n) is 3.34. The van der Waals surface area contributed by atoms with Crippen LogP contribution in [0.15, 0.2) is 0 Å². The topological polar surface area (TPSA) is 110 Å². The van der Waals surface area contributed by atoms with Gasteiger partial charge in [0.15, 0.2) is 5.82 Å². The molecule has 2 atom stereocenters. The number of nitrogens with one attached hydrogen (secondary N) is 2. The standard InChI is InChI=1S/C8H16N6O/c1-3-6(4-9)8(15)10-5(2)7-11-13-14-12-7/h5-6H,3-4,9H2,1-2H3,(H,10,15)(H,11,12,13,14). The lowest BCUT2D eigenvalue weighted by molar-refractivity contribution is -0.125. The Kier molecular flexibility index (Phi) is 4.17. The first-order valence-electron chi connectivity index (χ1n) is 4.92. The van der Waals surface area contributed by atoms with E-state index in [4.69, 9.17) is 5.73 Å². The molecule has 0 aliphatic rings. The summed E-state index contributed by atoms with van der Waals surface area (Å²) in [5.74, 6) is 0.242. The lowest BCUT2D eigenvalue weighted by Gasteiger charge is -2.15. The molecule has 0 saturated carbocycles. The van der Waals surface area contributed by atoms with Crippen LogP contribution < -0.4 is 11.1 Å². The van der Waals surface area contributed by atoms with Crippen molar-refractivity contribution < 1.29 is 4.79 Å². The van der Waals surface area contributed by atoms with Crippen molar-refractivity contribution in [3.05, 3.63) is 5.82 Å². The Morgan fingerprint density at radius 1 is 1.67 bits per heavy atom. The molecule has 0 spiro atoms. The van der Waals surface area contributed by atoms with Gasteiger partial charge in [0.2, 0.25) is 5.91 Å². The van der Waals surface area contributed by atoms with Crippen LogP contribution in [0, 0.1) is 5.92 Å². The number of aromatic nitrogens is 4. The summed E-state index contributed by atoms with van der Waals surface area (Å²) < 4.78 is 0. The van der Waals surface area contributed by atoms with E-state index in [1.165, 1.54) is 0 Å². The van der Waals surface area contributed by atoms with Crippen LogP contribution in [0.2, 0.25) is 0 Å². The Labute approximate surface area is 87.8 Å². The highest BCUT2D eigenvalue weighted by Crippen LogP contribution is 2.07. The number of nitrogens with zero attached hydrogens (tertiary/aromatic N) is 3. The van der Waals surface area contributed by atoms with Gasteiger partial charge < -0.3 is 11.1 Å². The molecule has 1 amide bonds. The van der Waals surface area contributed by atoms with Gasteiger partial charge in [-0.15, -0.1) is 10.2 Å². The minimum Gasteiger partial charge on any atom is -0.346 e. The third-order valence-corrected chi connectivity index (χ3v) is 2.26. The predicted molar refractivity (Wildman–Crippen MR) is 53.6 cm³/mol. The Balaban J connectivity index is 2.51. The predicted octanol–water partition coefficient (Wildman–Crippen LogP) is -0.638. The van der Waals surface area contributed by atoms with E-state index in [0.717, 1.165) is 6.42 Å². The SMILES string of the molecule is CCC(CN)C(=O)NC(C)c1nn[nH]n1. The molecule has 7 nitrogen and oxygen atoms in total. The van der Waals surface area contributed by atoms with Crippen LogP contribution in [0.5, 0.6) is 0 Å². The number of H-pyrrole nitrogens is 1. The van der Waals surface area contributed by atoms with Crippen molar-refractivity contribution in [1.29, 1.82) is 0 Å². The lowest BCUT2D eigenvalue weighted by Crippen LogP contribution is -2.36. The fourth-order valence-electron chi connectivity index (χ4n) is 1.21. The number of amides is 1. The van der Waals surface area contributed by atoms with Crippen molar-refractivity contribution >= 4 is 5.91 Å². The zero-order valence-corrected chi connectivity index (χ0v) is 8.90. The van der Waals surface area contributed by atoms with E-state index in [2.05, 4.69) is 25.9 Å². The summed E-state index contributed by atoms with van der Waals surface area (Å²) in [5.41, 5.74) is 5.47. The molecule has 2 unspecified atom stereocenters. The molecule has 0 aliphatic carbocycles. The van der Waals surface area contributed by atoms with Gasteiger partial charge in [-0.05, 0) is 13.3 Å². The van der Waals surface area contributed by atoms with Gasteiger partial charge in [-0.25, -0.2) is 0 Å². The van der Waals surface area contributed by atoms with E-state index in [-0.39, 0.29) is 17.9 Å². The maximum absolute atomic E-state index is 11.6. The van der Waals surface area contributed by atoms with Gasteiger partial charge in [0.25, 0.3) is 0 Å². The zero-order chi connectivity index (χ0) is 11.3. The van der Waals surface area contributed by atoms with E-state index < -0.39 is 0 Å². The summed E-state index contributed by atoms with van der Waals surface area (Å²) in [6.45, 7) is 4.07. The van der Waals surface area contributed by atoms with Gasteiger partial charge >= 0.3 is 0 Å². The number of rotatable bonds is 5. The molecular formula is C8H16N6O. The van der Waals surface area contributed by atoms with Crippen molar-refractivity contribution in [2.24, 2.45) is 11.7 Å². The van der Waals surface area contributed by atoms with E-state index in [1.807, 2.05) is 6.92 Å². The van der Waals surface area contributed by atoms with E-state index >= 15 is 0 Å². The Morgan fingerprint density at radius 3 is 2.87 bits per heavy atom. The first kappa shape index (κ1) is 11.6. The molecule has 0 saturated heterocycles. The summed E-state index contributed by atoms with van der Waals surface area (Å²) in [5, 5.41) is 16.1. The molecule has 4 N–H and O–H groups in total. The van der Waals surface area contributed by atoms with Crippen molar-refractivity contribution in [2.75, 3.05) is 6.54 Å². The van der Waals surface area contributed by atoms with Gasteiger partial charge in [-0.1, -0.05) is 12.1 Å². The quantitative estimate of drug-likeness (QED) is 0.601. The summed E-state index contributed by atoms with van der Waals surface area (Å²) in [6.07, 6.45) is 0.724. The first-order chi connectivity index (χ1) is 7.19. The molecule has 0 aromatic carbocycles. The first-order valence-corrected chi connectivity index (χ1v) is 4.92. The monoisotopic (exact) mass is 212 g/mol. The summed E-state index contributed by atoms with van der Waals surface area (Å²) in [4.78, 5) is 11.6. The van der Waals surface area contributed by atoms with Gasteiger partial charge in [-0.2, -0.15) is 5.21 Å². The highest BCUT2D eigenvalue weighted by molar-refractivity contribution is 5.79. The number of hydrogen-bond acceptors (Lipinski definition) is 5. The van der Waals surface area contributed by atoms with Gasteiger partial charge in [0, 0.05) is 12.5 Å². The highest BCUT2D eigenvalue weighted by atomic mass is 16.2. The number of hydrogen-bond donors (Lipinski definition) is 3. The summed E-state index contributed by atoms with van der Waals surface area (Å²) in [6, 6.07) is -0.253. The average molecular weight is 212 g/mol. The van der Waals surface area contributed by atoms with Crippen LogP contribution >= 0.6 is 0 Å². The summed E-state index contributed by atoms with van der Waals surface area (Å²) in [7, 11) is 0. The molecule has 15 heavy (non-hydrogen) atoms. The minimum absolute atomic E-state index is 0.0719. The Bertz CT molecular complexity index is 294. The molecule has 1 aromatic rings. The normalized spacial score (nSPS) is 14.6. The van der Waals surface area contributed by atoms with Crippen molar-refractivity contribution in [1.82, 2.24) is 25.9 Å². The molecule has 0 aliphatic heterocycles. The fourth-order valence-corrected chi connectivity index (χ4v) is 1.21. The zero-order valence-electron chi connectivity index (χ0n) is 8.90. The van der Waals surface area contributed by atoms with Crippen molar-refractivity contribution in [3.8, 4) is 0 Å². The number of carbonyl (C=O) groups is 1. The molecule has 0 radical (unpaired) electrons. The highest BCUT2D eigenvalue weighted by Gasteiger charge is 2.19. The van der Waals surface area contributed by atoms with Crippen LogP contribution in [0.1, 0.15) is 32.1 Å². The Morgan fingerprint density at radius 2 is 2.40 bits per heavy atom. The molecule has 0 bridgehead atoms. The molecule has 1 heterocycles. The second-order valence-corrected chi connectivity index (χ2v) is 3.34. The third kappa shape index (κ3) is 2.98. The van der Waals surface area contributed by atoms with E-state index in [9.17, 15) is 4.79 Å². The summed E-state index contributed by atoms with van der Waals surface area (Å²) >= 11 is 0. The number of nitrogens with two attached hydrogens (primary N) is 1. The molecule has 84 valence electrons. The molecule has 7 heteroatoms. The van der Waals surface area contributed by atoms with Crippen molar-refractivity contribution in [2.45, 2.75) is 26.3 Å². The fraction of sp³-hybridized carbons (Fsp3) is 0.750. The van der Waals surface area contributed by atoms with E-state index in [1.54, 1.807) is 6.92 Å². The van der Waals surface area contributed by atoms with Crippen LogP contribution in [0.25, 0.3) is 0 Å². The smallest absolute Gasteiger partial charge is 0.224 e. The number of carbonyl (C=O) groups excluding carboxylic acids is 1. The van der Waals surface area contributed by atoms with Crippen LogP contribution in [-0.2, 0) is 4.79 Å². The van der Waals surface area contributed by atoms with Crippen LogP contribution in [0.3, 0.4) is 0 Å². The van der Waals surface area contributed by atoms with E-state index in [0.29, 0.717) is 12.4 Å². The molecule has 1 rings (SSSR count). The van der Waals surface area contributed by atoms with Gasteiger partial charge in [0.05, 0.1) is 6.04 Å². The van der Waals surface area contributed by atoms with Crippen LogP contribution in [0.4, 0.5) is 0 Å². The second kappa shape index (κ2) is 5.40. The maximum Gasteiger partial charge on any atom is 0.224 e. The van der Waals surface area contributed by atoms with Gasteiger partial charge in [-0.3, -0.25) is 4.79 Å². The molecule has 1 aromatic heterocycles. The molecular weight excluding hydrogens is 196 g/mol. The van der Waals surface area contributed by atoms with Gasteiger partial charge in [0.1, 0.15) is 0 Å². The number of tetrazole rings is 1. The Hall–Kier alpha value is -1.50. The largest absolute Gasteiger partial charge is 0.346 e. The third-order valence-electron chi connectivity index (χ3n) is 2.26. The van der Waals surface area contributed by atoms with Crippen LogP contribution in [-0.4, -0.2) is 33.1 Å². The maximum atomic E-state index is 11.6. The number of aromatic amines is 1. The molecule has 0 fully saturated rings.